The molecule has 0 saturated heterocycles. The maximum Gasteiger partial charge on any atom is 0.218 e. The quantitative estimate of drug-likeness (QED) is 0.857. The fourth-order valence-corrected chi connectivity index (χ4v) is 1.28. The average Bonchev–Trinajstić information content (AvgIpc) is 2.80. The summed E-state index contributed by atoms with van der Waals surface area (Å²) in [4.78, 5) is 3.83. The molecule has 0 unspecified atom stereocenters. The predicted molar refractivity (Wildman–Crippen MR) is 55.1 cm³/mol. The molecule has 5 heteroatoms. The van der Waals surface area contributed by atoms with Crippen LogP contribution in [0.15, 0.2) is 35.1 Å². The third-order valence-corrected chi connectivity index (χ3v) is 2.04. The van der Waals surface area contributed by atoms with Gasteiger partial charge < -0.3 is 14.9 Å². The zero-order valence-corrected chi connectivity index (χ0v) is 8.52. The molecule has 4 nitrogen and oxygen atoms in total. The van der Waals surface area contributed by atoms with E-state index in [2.05, 4.69) is 4.98 Å². The third-order valence-electron chi connectivity index (χ3n) is 2.04. The number of pyridine rings is 1. The maximum atomic E-state index is 12.9. The zero-order valence-electron chi connectivity index (χ0n) is 8.52. The van der Waals surface area contributed by atoms with Gasteiger partial charge in [0.15, 0.2) is 0 Å². The Morgan fingerprint density at radius 2 is 2.38 bits per heavy atom. The van der Waals surface area contributed by atoms with E-state index in [1.807, 2.05) is 0 Å². The molecule has 2 N–H and O–H groups in total. The smallest absolute Gasteiger partial charge is 0.218 e. The highest BCUT2D eigenvalue weighted by atomic mass is 19.1. The first kappa shape index (κ1) is 10.6. The van der Waals surface area contributed by atoms with Gasteiger partial charge in [0.25, 0.3) is 0 Å². The Morgan fingerprint density at radius 3 is 3.06 bits per heavy atom. The monoisotopic (exact) mass is 222 g/mol. The number of ether oxygens (including phenoxy) is 1. The highest BCUT2D eigenvalue weighted by Crippen LogP contribution is 2.17. The molecule has 0 atom stereocenters. The van der Waals surface area contributed by atoms with Gasteiger partial charge in [-0.25, -0.2) is 9.37 Å². The summed E-state index contributed by atoms with van der Waals surface area (Å²) in [6.07, 6.45) is 2.65. The SMILES string of the molecule is NCc1cc(F)cnc1OCc1ccco1. The number of aromatic nitrogens is 1. The summed E-state index contributed by atoms with van der Waals surface area (Å²) >= 11 is 0. The molecule has 0 amide bonds. The molecule has 16 heavy (non-hydrogen) atoms. The van der Waals surface area contributed by atoms with Gasteiger partial charge in [-0.1, -0.05) is 0 Å². The lowest BCUT2D eigenvalue weighted by molar-refractivity contribution is 0.257. The molecule has 2 aromatic rings. The van der Waals surface area contributed by atoms with Crippen molar-refractivity contribution in [1.29, 1.82) is 0 Å². The van der Waals surface area contributed by atoms with Crippen molar-refractivity contribution < 1.29 is 13.5 Å². The number of hydrogen-bond acceptors (Lipinski definition) is 4. The second-order valence-corrected chi connectivity index (χ2v) is 3.19. The van der Waals surface area contributed by atoms with E-state index in [1.165, 1.54) is 6.07 Å². The summed E-state index contributed by atoms with van der Waals surface area (Å²) in [6.45, 7) is 0.427. The molecule has 2 aromatic heterocycles. The zero-order chi connectivity index (χ0) is 11.4. The summed E-state index contributed by atoms with van der Waals surface area (Å²) in [5.41, 5.74) is 5.99. The first-order valence-electron chi connectivity index (χ1n) is 4.79. The topological polar surface area (TPSA) is 61.3 Å². The highest BCUT2D eigenvalue weighted by Gasteiger charge is 2.06. The van der Waals surface area contributed by atoms with Crippen LogP contribution in [0.25, 0.3) is 0 Å². The van der Waals surface area contributed by atoms with Gasteiger partial charge in [-0.3, -0.25) is 0 Å². The van der Waals surface area contributed by atoms with Crippen LogP contribution in [0, 0.1) is 5.82 Å². The first-order valence-corrected chi connectivity index (χ1v) is 4.79. The van der Waals surface area contributed by atoms with Gasteiger partial charge in [-0.2, -0.15) is 0 Å². The number of furan rings is 1. The van der Waals surface area contributed by atoms with Crippen LogP contribution in [0.4, 0.5) is 4.39 Å². The van der Waals surface area contributed by atoms with Crippen molar-refractivity contribution in [3.63, 3.8) is 0 Å². The van der Waals surface area contributed by atoms with Crippen molar-refractivity contribution >= 4 is 0 Å². The minimum atomic E-state index is -0.425. The maximum absolute atomic E-state index is 12.9. The number of halogens is 1. The molecule has 2 heterocycles. The molecule has 0 aliphatic carbocycles. The fourth-order valence-electron chi connectivity index (χ4n) is 1.28. The molecule has 84 valence electrons. The van der Waals surface area contributed by atoms with Crippen molar-refractivity contribution in [2.45, 2.75) is 13.2 Å². The molecule has 0 saturated carbocycles. The van der Waals surface area contributed by atoms with Gasteiger partial charge >= 0.3 is 0 Å². The van der Waals surface area contributed by atoms with Gasteiger partial charge in [0.2, 0.25) is 5.88 Å². The van der Waals surface area contributed by atoms with Gasteiger partial charge in [0.05, 0.1) is 12.5 Å². The number of hydrogen-bond donors (Lipinski definition) is 1. The normalized spacial score (nSPS) is 10.4. The van der Waals surface area contributed by atoms with E-state index in [0.29, 0.717) is 17.2 Å². The highest BCUT2D eigenvalue weighted by molar-refractivity contribution is 5.25. The molecular weight excluding hydrogens is 211 g/mol. The van der Waals surface area contributed by atoms with E-state index in [0.717, 1.165) is 6.20 Å². The largest absolute Gasteiger partial charge is 0.469 e. The Kier molecular flexibility index (Phi) is 3.16. The molecule has 0 aliphatic rings. The Labute approximate surface area is 91.9 Å². The summed E-state index contributed by atoms with van der Waals surface area (Å²) in [7, 11) is 0. The molecule has 0 aliphatic heterocycles. The Balaban J connectivity index is 2.09. The van der Waals surface area contributed by atoms with E-state index in [4.69, 9.17) is 14.9 Å². The Bertz CT molecular complexity index is 457. The molecular formula is C11H11FN2O2. The van der Waals surface area contributed by atoms with Gasteiger partial charge in [0.1, 0.15) is 18.2 Å². The van der Waals surface area contributed by atoms with Crippen molar-refractivity contribution in [1.82, 2.24) is 4.98 Å². The van der Waals surface area contributed by atoms with E-state index in [9.17, 15) is 4.39 Å². The van der Waals surface area contributed by atoms with Crippen LogP contribution < -0.4 is 10.5 Å². The molecule has 0 spiro atoms. The molecule has 0 bridgehead atoms. The molecule has 0 fully saturated rings. The van der Waals surface area contributed by atoms with Crippen molar-refractivity contribution in [3.05, 3.63) is 47.8 Å². The predicted octanol–water partition coefficient (Wildman–Crippen LogP) is 1.85. The Hall–Kier alpha value is -1.88. The van der Waals surface area contributed by atoms with Crippen LogP contribution >= 0.6 is 0 Å². The summed E-state index contributed by atoms with van der Waals surface area (Å²) in [5.74, 6) is 0.584. The summed E-state index contributed by atoms with van der Waals surface area (Å²) in [5, 5.41) is 0. The van der Waals surface area contributed by atoms with Crippen molar-refractivity contribution in [2.75, 3.05) is 0 Å². The van der Waals surface area contributed by atoms with Crippen molar-refractivity contribution in [2.24, 2.45) is 5.73 Å². The second-order valence-electron chi connectivity index (χ2n) is 3.19. The van der Waals surface area contributed by atoms with Crippen LogP contribution in [-0.2, 0) is 13.2 Å². The van der Waals surface area contributed by atoms with Crippen LogP contribution in [-0.4, -0.2) is 4.98 Å². The van der Waals surface area contributed by atoms with Gasteiger partial charge in [-0.15, -0.1) is 0 Å². The van der Waals surface area contributed by atoms with Crippen LogP contribution in [0.3, 0.4) is 0 Å². The van der Waals surface area contributed by atoms with E-state index in [-0.39, 0.29) is 13.2 Å². The summed E-state index contributed by atoms with van der Waals surface area (Å²) in [6, 6.07) is 4.86. The second kappa shape index (κ2) is 4.76. The average molecular weight is 222 g/mol. The van der Waals surface area contributed by atoms with Crippen LogP contribution in [0.2, 0.25) is 0 Å². The van der Waals surface area contributed by atoms with Crippen molar-refractivity contribution in [3.8, 4) is 5.88 Å². The first-order chi connectivity index (χ1) is 7.79. The van der Waals surface area contributed by atoms with Crippen LogP contribution in [0.5, 0.6) is 5.88 Å². The molecule has 0 aromatic carbocycles. The van der Waals surface area contributed by atoms with E-state index >= 15 is 0 Å². The minimum Gasteiger partial charge on any atom is -0.469 e. The van der Waals surface area contributed by atoms with Gasteiger partial charge in [-0.05, 0) is 18.2 Å². The van der Waals surface area contributed by atoms with Crippen LogP contribution in [0.1, 0.15) is 11.3 Å². The lowest BCUT2D eigenvalue weighted by Gasteiger charge is -2.07. The van der Waals surface area contributed by atoms with E-state index < -0.39 is 5.82 Å². The van der Waals surface area contributed by atoms with Gasteiger partial charge in [0, 0.05) is 12.1 Å². The third kappa shape index (κ3) is 2.38. The summed E-state index contributed by atoms with van der Waals surface area (Å²) < 4.78 is 23.3. The number of nitrogens with zero attached hydrogens (tertiary/aromatic N) is 1. The fraction of sp³-hybridized carbons (Fsp3) is 0.182. The molecule has 2 rings (SSSR count). The number of rotatable bonds is 4. The standard InChI is InChI=1S/C11H11FN2O2/c12-9-4-8(5-13)11(14-6-9)16-7-10-2-1-3-15-10/h1-4,6H,5,7,13H2. The minimum absolute atomic E-state index is 0.179. The lowest BCUT2D eigenvalue weighted by atomic mass is 10.2. The lowest BCUT2D eigenvalue weighted by Crippen LogP contribution is -2.04. The number of nitrogens with two attached hydrogens (primary N) is 1. The molecule has 0 radical (unpaired) electrons. The van der Waals surface area contributed by atoms with E-state index in [1.54, 1.807) is 18.4 Å². The Morgan fingerprint density at radius 1 is 1.50 bits per heavy atom.